The molecule has 3 rings (SSSR count). The van der Waals surface area contributed by atoms with Gasteiger partial charge in [0.1, 0.15) is 5.76 Å². The standard InChI is InChI=1S/C14H18N2O3/c17-13(11-8-12(19-16-11)10-4-5-10)15-9-14(18)6-2-1-3-7-14/h2,6,8,10,18H,1,3-5,7,9H2,(H,15,17). The van der Waals surface area contributed by atoms with Gasteiger partial charge in [-0.1, -0.05) is 17.3 Å². The van der Waals surface area contributed by atoms with Crippen molar-refractivity contribution < 1.29 is 14.4 Å². The molecule has 0 radical (unpaired) electrons. The third kappa shape index (κ3) is 2.87. The van der Waals surface area contributed by atoms with Gasteiger partial charge in [0, 0.05) is 12.0 Å². The SMILES string of the molecule is O=C(NCC1(O)C=CCCC1)c1cc(C2CC2)on1. The fraction of sp³-hybridized carbons (Fsp3) is 0.571. The number of hydrogen-bond acceptors (Lipinski definition) is 4. The summed E-state index contributed by atoms with van der Waals surface area (Å²) in [7, 11) is 0. The van der Waals surface area contributed by atoms with Gasteiger partial charge in [-0.3, -0.25) is 4.79 Å². The summed E-state index contributed by atoms with van der Waals surface area (Å²) in [5.74, 6) is 0.948. The Labute approximate surface area is 111 Å². The lowest BCUT2D eigenvalue weighted by atomic mass is 9.91. The van der Waals surface area contributed by atoms with Gasteiger partial charge in [0.15, 0.2) is 5.69 Å². The molecule has 1 saturated carbocycles. The van der Waals surface area contributed by atoms with Crippen molar-refractivity contribution in [3.8, 4) is 0 Å². The maximum absolute atomic E-state index is 11.9. The summed E-state index contributed by atoms with van der Waals surface area (Å²) in [4.78, 5) is 11.9. The van der Waals surface area contributed by atoms with Crippen LogP contribution in [0.2, 0.25) is 0 Å². The summed E-state index contributed by atoms with van der Waals surface area (Å²) >= 11 is 0. The van der Waals surface area contributed by atoms with E-state index in [0.717, 1.165) is 31.4 Å². The smallest absolute Gasteiger partial charge is 0.273 e. The lowest BCUT2D eigenvalue weighted by Gasteiger charge is -2.27. The van der Waals surface area contributed by atoms with E-state index < -0.39 is 5.60 Å². The predicted octanol–water partition coefficient (Wildman–Crippen LogP) is 1.75. The van der Waals surface area contributed by atoms with E-state index in [1.54, 1.807) is 12.1 Å². The Morgan fingerprint density at radius 2 is 2.42 bits per heavy atom. The summed E-state index contributed by atoms with van der Waals surface area (Å²) in [5, 5.41) is 16.7. The van der Waals surface area contributed by atoms with Gasteiger partial charge in [-0.2, -0.15) is 0 Å². The third-order valence-electron chi connectivity index (χ3n) is 3.70. The normalized spacial score (nSPS) is 26.4. The zero-order valence-corrected chi connectivity index (χ0v) is 10.8. The van der Waals surface area contributed by atoms with Crippen molar-refractivity contribution in [1.29, 1.82) is 0 Å². The predicted molar refractivity (Wildman–Crippen MR) is 68.8 cm³/mol. The Morgan fingerprint density at radius 3 is 3.11 bits per heavy atom. The molecule has 1 atom stereocenters. The number of aromatic nitrogens is 1. The number of carbonyl (C=O) groups is 1. The second kappa shape index (κ2) is 4.81. The van der Waals surface area contributed by atoms with Gasteiger partial charge < -0.3 is 14.9 Å². The van der Waals surface area contributed by atoms with E-state index in [1.165, 1.54) is 0 Å². The highest BCUT2D eigenvalue weighted by Crippen LogP contribution is 2.40. The van der Waals surface area contributed by atoms with E-state index in [-0.39, 0.29) is 12.5 Å². The molecule has 1 unspecified atom stereocenters. The molecule has 0 aromatic carbocycles. The molecule has 102 valence electrons. The second-order valence-electron chi connectivity index (χ2n) is 5.47. The molecule has 2 N–H and O–H groups in total. The molecule has 1 aromatic heterocycles. The third-order valence-corrected chi connectivity index (χ3v) is 3.70. The first-order valence-corrected chi connectivity index (χ1v) is 6.81. The van der Waals surface area contributed by atoms with E-state index in [4.69, 9.17) is 4.52 Å². The molecule has 0 bridgehead atoms. The van der Waals surface area contributed by atoms with E-state index >= 15 is 0 Å². The van der Waals surface area contributed by atoms with Crippen molar-refractivity contribution in [3.63, 3.8) is 0 Å². The van der Waals surface area contributed by atoms with Crippen molar-refractivity contribution in [2.24, 2.45) is 0 Å². The monoisotopic (exact) mass is 262 g/mol. The molecule has 1 heterocycles. The molecule has 1 aromatic rings. The average molecular weight is 262 g/mol. The van der Waals surface area contributed by atoms with Crippen molar-refractivity contribution in [3.05, 3.63) is 29.7 Å². The number of nitrogens with zero attached hydrogens (tertiary/aromatic N) is 1. The Morgan fingerprint density at radius 1 is 1.58 bits per heavy atom. The molecule has 2 aliphatic carbocycles. The van der Waals surface area contributed by atoms with Crippen LogP contribution in [0.15, 0.2) is 22.7 Å². The molecule has 1 amide bonds. The van der Waals surface area contributed by atoms with Crippen LogP contribution in [0.4, 0.5) is 0 Å². The number of nitrogens with one attached hydrogen (secondary N) is 1. The van der Waals surface area contributed by atoms with Gasteiger partial charge in [-0.05, 0) is 32.1 Å². The molecule has 5 nitrogen and oxygen atoms in total. The van der Waals surface area contributed by atoms with Gasteiger partial charge in [0.05, 0.1) is 12.1 Å². The lowest BCUT2D eigenvalue weighted by molar-refractivity contribution is 0.0656. The molecule has 5 heteroatoms. The van der Waals surface area contributed by atoms with Crippen LogP contribution >= 0.6 is 0 Å². The second-order valence-corrected chi connectivity index (χ2v) is 5.47. The first-order valence-electron chi connectivity index (χ1n) is 6.81. The molecule has 19 heavy (non-hydrogen) atoms. The largest absolute Gasteiger partial charge is 0.384 e. The minimum absolute atomic E-state index is 0.216. The maximum atomic E-state index is 11.9. The highest BCUT2D eigenvalue weighted by molar-refractivity contribution is 5.92. The molecule has 0 saturated heterocycles. The Hall–Kier alpha value is -1.62. The summed E-state index contributed by atoms with van der Waals surface area (Å²) in [6, 6.07) is 1.70. The van der Waals surface area contributed by atoms with Crippen molar-refractivity contribution in [1.82, 2.24) is 10.5 Å². The fourth-order valence-corrected chi connectivity index (χ4v) is 2.34. The van der Waals surface area contributed by atoms with Gasteiger partial charge in [0.2, 0.25) is 0 Å². The molecule has 2 aliphatic rings. The van der Waals surface area contributed by atoms with E-state index in [9.17, 15) is 9.90 Å². The molecule has 0 aliphatic heterocycles. The van der Waals surface area contributed by atoms with Crippen LogP contribution < -0.4 is 5.32 Å². The summed E-state index contributed by atoms with van der Waals surface area (Å²) in [5.41, 5.74) is -0.623. The van der Waals surface area contributed by atoms with Crippen LogP contribution in [0, 0.1) is 0 Å². The number of aliphatic hydroxyl groups is 1. The maximum Gasteiger partial charge on any atom is 0.273 e. The van der Waals surface area contributed by atoms with Crippen LogP contribution in [0.3, 0.4) is 0 Å². The Balaban J connectivity index is 1.58. The zero-order chi connectivity index (χ0) is 13.3. The van der Waals surface area contributed by atoms with Crippen LogP contribution in [0.1, 0.15) is 54.3 Å². The van der Waals surface area contributed by atoms with Crippen LogP contribution in [-0.4, -0.2) is 28.3 Å². The van der Waals surface area contributed by atoms with Crippen molar-refractivity contribution >= 4 is 5.91 Å². The number of rotatable bonds is 4. The summed E-state index contributed by atoms with van der Waals surface area (Å²) < 4.78 is 5.14. The minimum atomic E-state index is -0.920. The van der Waals surface area contributed by atoms with Crippen LogP contribution in [0.25, 0.3) is 0 Å². The summed E-state index contributed by atoms with van der Waals surface area (Å²) in [6.07, 6.45) is 8.56. The van der Waals surface area contributed by atoms with E-state index in [2.05, 4.69) is 10.5 Å². The topological polar surface area (TPSA) is 75.4 Å². The van der Waals surface area contributed by atoms with Gasteiger partial charge >= 0.3 is 0 Å². The fourth-order valence-electron chi connectivity index (χ4n) is 2.34. The summed E-state index contributed by atoms with van der Waals surface area (Å²) in [6.45, 7) is 0.216. The van der Waals surface area contributed by atoms with Crippen LogP contribution in [-0.2, 0) is 0 Å². The minimum Gasteiger partial charge on any atom is -0.384 e. The Kier molecular flexibility index (Phi) is 3.14. The molecular weight excluding hydrogens is 244 g/mol. The number of amides is 1. The van der Waals surface area contributed by atoms with Crippen molar-refractivity contribution in [2.45, 2.75) is 43.6 Å². The van der Waals surface area contributed by atoms with Gasteiger partial charge in [0.25, 0.3) is 5.91 Å². The molecule has 1 fully saturated rings. The van der Waals surface area contributed by atoms with Gasteiger partial charge in [-0.25, -0.2) is 0 Å². The first-order chi connectivity index (χ1) is 9.16. The average Bonchev–Trinajstić information content (AvgIpc) is 3.15. The number of allylic oxidation sites excluding steroid dienone is 1. The zero-order valence-electron chi connectivity index (χ0n) is 10.8. The quantitative estimate of drug-likeness (QED) is 0.811. The van der Waals surface area contributed by atoms with E-state index in [0.29, 0.717) is 18.0 Å². The number of carbonyl (C=O) groups excluding carboxylic acids is 1. The molecular formula is C14H18N2O3. The van der Waals surface area contributed by atoms with Gasteiger partial charge in [-0.15, -0.1) is 0 Å². The van der Waals surface area contributed by atoms with E-state index in [1.807, 2.05) is 6.08 Å². The number of hydrogen-bond donors (Lipinski definition) is 2. The lowest BCUT2D eigenvalue weighted by Crippen LogP contribution is -2.42. The first kappa shape index (κ1) is 12.4. The van der Waals surface area contributed by atoms with Crippen LogP contribution in [0.5, 0.6) is 0 Å². The highest BCUT2D eigenvalue weighted by atomic mass is 16.5. The molecule has 0 spiro atoms. The van der Waals surface area contributed by atoms with Crippen molar-refractivity contribution in [2.75, 3.05) is 6.54 Å². The highest BCUT2D eigenvalue weighted by Gasteiger charge is 2.30. The Bertz CT molecular complexity index is 505.